The zero-order chi connectivity index (χ0) is 15.4. The van der Waals surface area contributed by atoms with Gasteiger partial charge in [-0.2, -0.15) is 0 Å². The summed E-state index contributed by atoms with van der Waals surface area (Å²) in [5, 5.41) is 11.7. The van der Waals surface area contributed by atoms with Gasteiger partial charge in [-0.3, -0.25) is 4.99 Å². The fourth-order valence-corrected chi connectivity index (χ4v) is 3.57. The van der Waals surface area contributed by atoms with E-state index >= 15 is 0 Å². The zero-order valence-corrected chi connectivity index (χ0v) is 13.5. The quantitative estimate of drug-likeness (QED) is 0.846. The van der Waals surface area contributed by atoms with Gasteiger partial charge in [0, 0.05) is 35.4 Å². The summed E-state index contributed by atoms with van der Waals surface area (Å²) >= 11 is 7.33. The van der Waals surface area contributed by atoms with E-state index < -0.39 is 5.97 Å². The molecule has 1 aromatic heterocycles. The highest BCUT2D eigenvalue weighted by Crippen LogP contribution is 2.27. The van der Waals surface area contributed by atoms with Crippen LogP contribution in [0.4, 0.5) is 0 Å². The summed E-state index contributed by atoms with van der Waals surface area (Å²) in [6.45, 7) is 5.36. The zero-order valence-electron chi connectivity index (χ0n) is 11.9. The van der Waals surface area contributed by atoms with Crippen LogP contribution < -0.4 is 9.91 Å². The Balaban J connectivity index is 2.67. The van der Waals surface area contributed by atoms with Gasteiger partial charge in [0.1, 0.15) is 0 Å². The second-order valence-electron chi connectivity index (χ2n) is 4.43. The minimum Gasteiger partial charge on any atom is -0.550 e. The summed E-state index contributed by atoms with van der Waals surface area (Å²) in [6, 6.07) is 7.39. The Hall–Kier alpha value is -1.59. The molecule has 0 atom stereocenters. The highest BCUT2D eigenvalue weighted by atomic mass is 35.5. The number of carbonyl (C=O) groups is 1. The van der Waals surface area contributed by atoms with E-state index in [2.05, 4.69) is 4.99 Å². The van der Waals surface area contributed by atoms with E-state index in [1.807, 2.05) is 30.5 Å². The standard InChI is InChI=1S/C15H17ClN2O2S/c1-3-17-15-18(4-2)14(12(21-15)9-13(19)20)10-5-7-11(16)8-6-10/h5-8H,3-4,9H2,1-2H3,(H,19,20)/p-1. The first kappa shape index (κ1) is 15.8. The summed E-state index contributed by atoms with van der Waals surface area (Å²) in [4.78, 5) is 17.0. The number of carboxylic acids is 1. The molecular weight excluding hydrogens is 308 g/mol. The van der Waals surface area contributed by atoms with Gasteiger partial charge >= 0.3 is 0 Å². The van der Waals surface area contributed by atoms with Gasteiger partial charge in [-0.25, -0.2) is 0 Å². The van der Waals surface area contributed by atoms with Crippen molar-refractivity contribution in [3.05, 3.63) is 39.0 Å². The number of rotatable bonds is 5. The largest absolute Gasteiger partial charge is 0.550 e. The first-order valence-corrected chi connectivity index (χ1v) is 7.95. The molecular formula is C15H16ClN2O2S-. The molecule has 21 heavy (non-hydrogen) atoms. The summed E-state index contributed by atoms with van der Waals surface area (Å²) in [6.07, 6.45) is -0.109. The van der Waals surface area contributed by atoms with E-state index in [1.165, 1.54) is 11.3 Å². The topological polar surface area (TPSA) is 57.4 Å². The fraction of sp³-hybridized carbons (Fsp3) is 0.333. The molecule has 0 spiro atoms. The molecule has 0 saturated carbocycles. The van der Waals surface area contributed by atoms with Crippen molar-refractivity contribution in [2.75, 3.05) is 6.54 Å². The predicted octanol–water partition coefficient (Wildman–Crippen LogP) is 2.10. The average Bonchev–Trinajstić information content (AvgIpc) is 2.77. The first-order chi connectivity index (χ1) is 10.1. The highest BCUT2D eigenvalue weighted by Gasteiger charge is 2.14. The molecule has 0 aliphatic heterocycles. The van der Waals surface area contributed by atoms with Crippen LogP contribution >= 0.6 is 22.9 Å². The lowest BCUT2D eigenvalue weighted by Gasteiger charge is -2.10. The Morgan fingerprint density at radius 3 is 2.52 bits per heavy atom. The third-order valence-electron chi connectivity index (χ3n) is 3.01. The van der Waals surface area contributed by atoms with Crippen LogP contribution in [0.1, 0.15) is 18.7 Å². The summed E-state index contributed by atoms with van der Waals surface area (Å²) in [5.41, 5.74) is 1.82. The number of benzene rings is 1. The lowest BCUT2D eigenvalue weighted by molar-refractivity contribution is -0.304. The molecule has 0 bridgehead atoms. The van der Waals surface area contributed by atoms with Crippen LogP contribution in [0.5, 0.6) is 0 Å². The maximum atomic E-state index is 11.0. The Morgan fingerprint density at radius 2 is 2.00 bits per heavy atom. The fourth-order valence-electron chi connectivity index (χ4n) is 2.18. The Labute approximate surface area is 132 Å². The van der Waals surface area contributed by atoms with Gasteiger partial charge in [0.25, 0.3) is 0 Å². The molecule has 0 amide bonds. The smallest absolute Gasteiger partial charge is 0.185 e. The summed E-state index contributed by atoms with van der Waals surface area (Å²) in [5.74, 6) is -1.09. The molecule has 0 saturated heterocycles. The molecule has 0 fully saturated rings. The molecule has 0 aliphatic rings. The van der Waals surface area contributed by atoms with Crippen molar-refractivity contribution in [2.24, 2.45) is 4.99 Å². The van der Waals surface area contributed by atoms with Gasteiger partial charge in [0.15, 0.2) is 4.80 Å². The second kappa shape index (κ2) is 6.91. The van der Waals surface area contributed by atoms with Crippen LogP contribution in [-0.4, -0.2) is 17.1 Å². The van der Waals surface area contributed by atoms with E-state index in [0.29, 0.717) is 11.6 Å². The molecule has 1 heterocycles. The van der Waals surface area contributed by atoms with Crippen molar-refractivity contribution in [3.63, 3.8) is 0 Å². The molecule has 0 radical (unpaired) electrons. The van der Waals surface area contributed by atoms with Crippen LogP contribution in [-0.2, 0) is 17.8 Å². The molecule has 0 unspecified atom stereocenters. The molecule has 1 aromatic carbocycles. The van der Waals surface area contributed by atoms with E-state index in [9.17, 15) is 9.90 Å². The lowest BCUT2D eigenvalue weighted by atomic mass is 10.1. The van der Waals surface area contributed by atoms with Crippen LogP contribution in [0, 0.1) is 0 Å². The van der Waals surface area contributed by atoms with Gasteiger partial charge in [0.2, 0.25) is 0 Å². The maximum Gasteiger partial charge on any atom is 0.185 e. The van der Waals surface area contributed by atoms with Crippen molar-refractivity contribution in [1.82, 2.24) is 4.57 Å². The molecule has 0 aliphatic carbocycles. The minimum absolute atomic E-state index is 0.109. The van der Waals surface area contributed by atoms with Crippen molar-refractivity contribution in [2.45, 2.75) is 26.8 Å². The SMILES string of the molecule is CCN=c1sc(CC(=O)[O-])c(-c2ccc(Cl)cc2)n1CC. The van der Waals surface area contributed by atoms with Crippen molar-refractivity contribution < 1.29 is 9.90 Å². The van der Waals surface area contributed by atoms with E-state index in [0.717, 1.165) is 27.5 Å². The Morgan fingerprint density at radius 1 is 1.33 bits per heavy atom. The van der Waals surface area contributed by atoms with Gasteiger partial charge < -0.3 is 14.5 Å². The summed E-state index contributed by atoms with van der Waals surface area (Å²) < 4.78 is 2.04. The van der Waals surface area contributed by atoms with E-state index in [1.54, 1.807) is 12.1 Å². The Bertz CT molecular complexity index is 701. The van der Waals surface area contributed by atoms with Gasteiger partial charge in [-0.15, -0.1) is 11.3 Å². The number of hydrogen-bond donors (Lipinski definition) is 0. The number of halogens is 1. The third kappa shape index (κ3) is 3.54. The molecule has 112 valence electrons. The van der Waals surface area contributed by atoms with Crippen molar-refractivity contribution in [1.29, 1.82) is 0 Å². The van der Waals surface area contributed by atoms with Gasteiger partial charge in [-0.1, -0.05) is 23.7 Å². The second-order valence-corrected chi connectivity index (χ2v) is 5.93. The molecule has 4 nitrogen and oxygen atoms in total. The molecule has 6 heteroatoms. The Kier molecular flexibility index (Phi) is 5.20. The van der Waals surface area contributed by atoms with Crippen LogP contribution in [0.25, 0.3) is 11.3 Å². The average molecular weight is 324 g/mol. The van der Waals surface area contributed by atoms with Crippen molar-refractivity contribution >= 4 is 28.9 Å². The van der Waals surface area contributed by atoms with E-state index in [4.69, 9.17) is 11.6 Å². The maximum absolute atomic E-state index is 11.0. The monoisotopic (exact) mass is 323 g/mol. The number of aromatic nitrogens is 1. The highest BCUT2D eigenvalue weighted by molar-refractivity contribution is 7.09. The lowest BCUT2D eigenvalue weighted by Crippen LogP contribution is -2.24. The van der Waals surface area contributed by atoms with Crippen molar-refractivity contribution in [3.8, 4) is 11.3 Å². The first-order valence-electron chi connectivity index (χ1n) is 6.75. The van der Waals surface area contributed by atoms with Crippen LogP contribution in [0.3, 0.4) is 0 Å². The van der Waals surface area contributed by atoms with Crippen LogP contribution in [0.15, 0.2) is 29.3 Å². The third-order valence-corrected chi connectivity index (χ3v) is 4.38. The van der Waals surface area contributed by atoms with Crippen LogP contribution in [0.2, 0.25) is 5.02 Å². The van der Waals surface area contributed by atoms with E-state index in [-0.39, 0.29) is 6.42 Å². The predicted molar refractivity (Wildman–Crippen MR) is 83.2 cm³/mol. The van der Waals surface area contributed by atoms with Gasteiger partial charge in [-0.05, 0) is 31.5 Å². The number of nitrogens with zero attached hydrogens (tertiary/aromatic N) is 2. The number of hydrogen-bond acceptors (Lipinski definition) is 4. The molecule has 2 aromatic rings. The molecule has 2 rings (SSSR count). The molecule has 0 N–H and O–H groups in total. The minimum atomic E-state index is -1.09. The normalized spacial score (nSPS) is 11.9. The number of thiazole rings is 1. The summed E-state index contributed by atoms with van der Waals surface area (Å²) in [7, 11) is 0. The number of carbonyl (C=O) groups excluding carboxylic acids is 1. The van der Waals surface area contributed by atoms with Gasteiger partial charge in [0.05, 0.1) is 5.69 Å². The number of aliphatic carboxylic acids is 1. The number of carboxylic acid groups (broad SMARTS) is 1.